The van der Waals surface area contributed by atoms with Gasteiger partial charge >= 0.3 is 5.97 Å². The quantitative estimate of drug-likeness (QED) is 0.321. The molecule has 0 aromatic rings. The summed E-state index contributed by atoms with van der Waals surface area (Å²) in [5, 5.41) is 9.26. The Morgan fingerprint density at radius 3 is 2.26 bits per heavy atom. The van der Waals surface area contributed by atoms with Crippen LogP contribution >= 0.6 is 0 Å². The zero-order valence-electron chi connectivity index (χ0n) is 23.1. The maximum atomic E-state index is 13.0. The number of allylic oxidation sites excluding steroid dienone is 2. The van der Waals surface area contributed by atoms with Crippen molar-refractivity contribution in [2.24, 2.45) is 45.3 Å². The molecule has 7 unspecified atom stereocenters. The van der Waals surface area contributed by atoms with Gasteiger partial charge in [-0.05, 0) is 78.9 Å². The Morgan fingerprint density at radius 2 is 1.63 bits per heavy atom. The first-order valence-corrected chi connectivity index (χ1v) is 13.8. The molecule has 0 radical (unpaired) electrons. The van der Waals surface area contributed by atoms with Crippen LogP contribution in [-0.2, 0) is 14.4 Å². The normalized spacial score (nSPS) is 39.8. The van der Waals surface area contributed by atoms with E-state index in [0.717, 1.165) is 44.9 Å². The predicted octanol–water partition coefficient (Wildman–Crippen LogP) is 7.18. The van der Waals surface area contributed by atoms with E-state index < -0.39 is 11.9 Å². The average molecular weight is 483 g/mol. The molecule has 0 aromatic heterocycles. The maximum absolute atomic E-state index is 13.0. The number of fused-ring (bicyclic) bond motifs is 4. The third-order valence-corrected chi connectivity index (χ3v) is 12.1. The summed E-state index contributed by atoms with van der Waals surface area (Å²) < 4.78 is 0. The van der Waals surface area contributed by atoms with Crippen LogP contribution in [0.3, 0.4) is 0 Å². The van der Waals surface area contributed by atoms with Crippen molar-refractivity contribution in [3.63, 3.8) is 0 Å². The van der Waals surface area contributed by atoms with Gasteiger partial charge in [0.2, 0.25) is 0 Å². The summed E-state index contributed by atoms with van der Waals surface area (Å²) in [6, 6.07) is 0. The highest BCUT2D eigenvalue weighted by atomic mass is 16.4. The van der Waals surface area contributed by atoms with Crippen LogP contribution in [0.2, 0.25) is 0 Å². The number of carboxylic acids is 1. The fourth-order valence-corrected chi connectivity index (χ4v) is 9.46. The SMILES string of the molecule is C=C(C(=O)O)C(C)C(=O)CC(C)C1CCC2(C)C3=C(CCC12C)C1(C)CCC(=O)C(C)(C)C1CC3. The highest BCUT2D eigenvalue weighted by Gasteiger charge is 2.63. The van der Waals surface area contributed by atoms with Crippen LogP contribution in [-0.4, -0.2) is 22.6 Å². The molecule has 4 rings (SSSR count). The van der Waals surface area contributed by atoms with Crippen LogP contribution in [0, 0.1) is 45.3 Å². The number of carbonyl (C=O) groups is 3. The standard InChI is InChI=1S/C31H46O4/c1-18(17-24(32)19(2)20(3)27(34)35)21-11-15-31(8)23-9-10-25-28(4,5)26(33)13-14-29(25,6)22(23)12-16-30(21,31)7/h18-19,21,25H,3,9-17H2,1-2,4-8H3,(H,34,35). The largest absolute Gasteiger partial charge is 0.478 e. The Hall–Kier alpha value is -1.71. The van der Waals surface area contributed by atoms with Gasteiger partial charge in [0.1, 0.15) is 11.6 Å². The Bertz CT molecular complexity index is 1000. The van der Waals surface area contributed by atoms with Crippen molar-refractivity contribution in [3.8, 4) is 0 Å². The highest BCUT2D eigenvalue weighted by Crippen LogP contribution is 2.72. The van der Waals surface area contributed by atoms with Crippen LogP contribution in [0.15, 0.2) is 23.3 Å². The zero-order chi connectivity index (χ0) is 26.1. The topological polar surface area (TPSA) is 71.4 Å². The minimum Gasteiger partial charge on any atom is -0.478 e. The zero-order valence-corrected chi connectivity index (χ0v) is 23.1. The van der Waals surface area contributed by atoms with E-state index in [1.165, 1.54) is 0 Å². The lowest BCUT2D eigenvalue weighted by Crippen LogP contribution is -2.54. The van der Waals surface area contributed by atoms with Crippen molar-refractivity contribution < 1.29 is 19.5 Å². The Kier molecular flexibility index (Phi) is 6.34. The van der Waals surface area contributed by atoms with Gasteiger partial charge in [-0.1, -0.05) is 66.2 Å². The van der Waals surface area contributed by atoms with E-state index in [4.69, 9.17) is 0 Å². The van der Waals surface area contributed by atoms with Gasteiger partial charge in [0.15, 0.2) is 0 Å². The highest BCUT2D eigenvalue weighted by molar-refractivity contribution is 5.96. The molecule has 35 heavy (non-hydrogen) atoms. The summed E-state index contributed by atoms with van der Waals surface area (Å²) in [5.41, 5.74) is 3.52. The van der Waals surface area contributed by atoms with Gasteiger partial charge in [-0.15, -0.1) is 0 Å². The van der Waals surface area contributed by atoms with Crippen molar-refractivity contribution in [1.29, 1.82) is 0 Å². The second-order valence-electron chi connectivity index (χ2n) is 13.7. The molecule has 0 aromatic carbocycles. The molecule has 1 N–H and O–H groups in total. The Balaban J connectivity index is 1.61. The summed E-state index contributed by atoms with van der Waals surface area (Å²) in [4.78, 5) is 37.1. The Labute approximate surface area is 212 Å². The predicted molar refractivity (Wildman–Crippen MR) is 139 cm³/mol. The summed E-state index contributed by atoms with van der Waals surface area (Å²) in [5.74, 6) is -0.175. The number of rotatable bonds is 6. The molecule has 0 spiro atoms. The molecule has 194 valence electrons. The summed E-state index contributed by atoms with van der Waals surface area (Å²) >= 11 is 0. The summed E-state index contributed by atoms with van der Waals surface area (Å²) in [6.07, 6.45) is 8.86. The molecule has 4 nitrogen and oxygen atoms in total. The van der Waals surface area contributed by atoms with Crippen LogP contribution in [0.4, 0.5) is 0 Å². The second-order valence-corrected chi connectivity index (χ2v) is 13.7. The number of aliphatic carboxylic acids is 1. The van der Waals surface area contributed by atoms with Gasteiger partial charge in [-0.3, -0.25) is 9.59 Å². The van der Waals surface area contributed by atoms with Gasteiger partial charge in [0.25, 0.3) is 0 Å². The van der Waals surface area contributed by atoms with Crippen LogP contribution in [0.25, 0.3) is 0 Å². The maximum Gasteiger partial charge on any atom is 0.331 e. The first-order valence-electron chi connectivity index (χ1n) is 13.8. The van der Waals surface area contributed by atoms with Crippen LogP contribution < -0.4 is 0 Å². The number of Topliss-reactive ketones (excluding diaryl/α,β-unsaturated/α-hetero) is 2. The van der Waals surface area contributed by atoms with E-state index in [0.29, 0.717) is 30.5 Å². The van der Waals surface area contributed by atoms with Crippen molar-refractivity contribution in [2.45, 2.75) is 106 Å². The van der Waals surface area contributed by atoms with Gasteiger partial charge < -0.3 is 5.11 Å². The lowest BCUT2D eigenvalue weighted by Gasteiger charge is -2.60. The molecular weight excluding hydrogens is 436 g/mol. The molecule has 0 heterocycles. The smallest absolute Gasteiger partial charge is 0.331 e. The monoisotopic (exact) mass is 482 g/mol. The molecular formula is C31H46O4. The van der Waals surface area contributed by atoms with Crippen molar-refractivity contribution in [2.75, 3.05) is 0 Å². The summed E-state index contributed by atoms with van der Waals surface area (Å²) in [7, 11) is 0. The van der Waals surface area contributed by atoms with E-state index in [9.17, 15) is 19.5 Å². The van der Waals surface area contributed by atoms with Gasteiger partial charge in [0, 0.05) is 29.7 Å². The molecule has 2 fully saturated rings. The lowest BCUT2D eigenvalue weighted by atomic mass is 9.43. The minimum atomic E-state index is -1.08. The second kappa shape index (κ2) is 8.42. The first kappa shape index (κ1) is 26.4. The average Bonchev–Trinajstić information content (AvgIpc) is 3.07. The number of ketones is 2. The fraction of sp³-hybridized carbons (Fsp3) is 0.774. The minimum absolute atomic E-state index is 0.0000550. The van der Waals surface area contributed by atoms with E-state index in [1.807, 2.05) is 0 Å². The molecule has 0 aliphatic heterocycles. The number of carboxylic acid groups (broad SMARTS) is 1. The number of hydrogen-bond acceptors (Lipinski definition) is 3. The van der Waals surface area contributed by atoms with E-state index >= 15 is 0 Å². The van der Waals surface area contributed by atoms with E-state index in [-0.39, 0.29) is 38.9 Å². The first-order chi connectivity index (χ1) is 16.1. The van der Waals surface area contributed by atoms with Crippen molar-refractivity contribution in [3.05, 3.63) is 23.3 Å². The van der Waals surface area contributed by atoms with E-state index in [1.54, 1.807) is 18.1 Å². The van der Waals surface area contributed by atoms with Gasteiger partial charge in [0.05, 0.1) is 0 Å². The lowest BCUT2D eigenvalue weighted by molar-refractivity contribution is -0.139. The molecule has 0 bridgehead atoms. The molecule has 4 heteroatoms. The molecule has 0 amide bonds. The number of carbonyl (C=O) groups excluding carboxylic acids is 2. The van der Waals surface area contributed by atoms with Gasteiger partial charge in [-0.2, -0.15) is 0 Å². The van der Waals surface area contributed by atoms with Gasteiger partial charge in [-0.25, -0.2) is 4.79 Å². The third kappa shape index (κ3) is 3.63. The Morgan fingerprint density at radius 1 is 0.971 bits per heavy atom. The molecule has 7 atom stereocenters. The molecule has 4 aliphatic rings. The number of hydrogen-bond donors (Lipinski definition) is 1. The van der Waals surface area contributed by atoms with Crippen LogP contribution in [0.1, 0.15) is 106 Å². The van der Waals surface area contributed by atoms with E-state index in [2.05, 4.69) is 48.1 Å². The van der Waals surface area contributed by atoms with Crippen LogP contribution in [0.5, 0.6) is 0 Å². The van der Waals surface area contributed by atoms with Crippen molar-refractivity contribution in [1.82, 2.24) is 0 Å². The van der Waals surface area contributed by atoms with Crippen molar-refractivity contribution >= 4 is 17.5 Å². The molecule has 2 saturated carbocycles. The summed E-state index contributed by atoms with van der Waals surface area (Å²) in [6.45, 7) is 19.3. The molecule has 0 saturated heterocycles. The fourth-order valence-electron chi connectivity index (χ4n) is 9.46. The third-order valence-electron chi connectivity index (χ3n) is 12.1. The molecule has 4 aliphatic carbocycles.